The topological polar surface area (TPSA) is 20.2 Å². The smallest absolute Gasteiger partial charge is 0.0431 e. The van der Waals surface area contributed by atoms with Crippen molar-refractivity contribution in [2.24, 2.45) is 11.8 Å². The van der Waals surface area contributed by atoms with Crippen molar-refractivity contribution in [3.63, 3.8) is 0 Å². The van der Waals surface area contributed by atoms with Gasteiger partial charge < -0.3 is 5.11 Å². The second-order valence-electron chi connectivity index (χ2n) is 5.15. The highest BCUT2D eigenvalue weighted by Gasteiger charge is 2.13. The van der Waals surface area contributed by atoms with Gasteiger partial charge in [0.15, 0.2) is 0 Å². The van der Waals surface area contributed by atoms with Crippen LogP contribution in [0.4, 0.5) is 0 Å². The Kier molecular flexibility index (Phi) is 11.4. The molecule has 0 amide bonds. The van der Waals surface area contributed by atoms with Crippen molar-refractivity contribution in [2.75, 3.05) is 6.61 Å². The lowest BCUT2D eigenvalue weighted by atomic mass is 9.85. The van der Waals surface area contributed by atoms with Crippen LogP contribution in [0.2, 0.25) is 0 Å². The normalized spacial score (nSPS) is 15.0. The van der Waals surface area contributed by atoms with E-state index in [0.29, 0.717) is 6.61 Å². The zero-order valence-corrected chi connectivity index (χ0v) is 11.7. The van der Waals surface area contributed by atoms with E-state index in [9.17, 15) is 0 Å². The third kappa shape index (κ3) is 8.15. The largest absolute Gasteiger partial charge is 0.396 e. The molecule has 0 fully saturated rings. The van der Waals surface area contributed by atoms with Crippen molar-refractivity contribution >= 4 is 0 Å². The summed E-state index contributed by atoms with van der Waals surface area (Å²) >= 11 is 0. The van der Waals surface area contributed by atoms with Crippen molar-refractivity contribution < 1.29 is 5.11 Å². The van der Waals surface area contributed by atoms with Crippen LogP contribution in [0.15, 0.2) is 0 Å². The quantitative estimate of drug-likeness (QED) is 0.504. The molecule has 0 spiro atoms. The van der Waals surface area contributed by atoms with Crippen LogP contribution < -0.4 is 0 Å². The minimum absolute atomic E-state index is 0.364. The van der Waals surface area contributed by atoms with Gasteiger partial charge in [0.25, 0.3) is 0 Å². The molecule has 2 atom stereocenters. The Morgan fingerprint density at radius 3 is 1.81 bits per heavy atom. The van der Waals surface area contributed by atoms with E-state index >= 15 is 0 Å². The molecule has 0 aromatic heterocycles. The van der Waals surface area contributed by atoms with Crippen LogP contribution >= 0.6 is 0 Å². The molecule has 16 heavy (non-hydrogen) atoms. The van der Waals surface area contributed by atoms with E-state index in [1.807, 2.05) is 0 Å². The van der Waals surface area contributed by atoms with Crippen LogP contribution in [0, 0.1) is 11.8 Å². The van der Waals surface area contributed by atoms with E-state index in [1.165, 1.54) is 51.4 Å². The van der Waals surface area contributed by atoms with E-state index in [-0.39, 0.29) is 0 Å². The van der Waals surface area contributed by atoms with Crippen molar-refractivity contribution in [3.05, 3.63) is 0 Å². The molecule has 1 heteroatoms. The second kappa shape index (κ2) is 11.4. The Morgan fingerprint density at radius 1 is 0.812 bits per heavy atom. The average molecular weight is 228 g/mol. The van der Waals surface area contributed by atoms with Gasteiger partial charge in [-0.15, -0.1) is 0 Å². The first kappa shape index (κ1) is 16.0. The summed E-state index contributed by atoms with van der Waals surface area (Å²) in [7, 11) is 0. The van der Waals surface area contributed by atoms with Crippen LogP contribution in [0.25, 0.3) is 0 Å². The van der Waals surface area contributed by atoms with E-state index in [1.54, 1.807) is 0 Å². The van der Waals surface area contributed by atoms with E-state index in [4.69, 9.17) is 5.11 Å². The Morgan fingerprint density at radius 2 is 1.38 bits per heavy atom. The maximum atomic E-state index is 8.88. The van der Waals surface area contributed by atoms with Gasteiger partial charge in [0.05, 0.1) is 0 Å². The van der Waals surface area contributed by atoms with Gasteiger partial charge >= 0.3 is 0 Å². The summed E-state index contributed by atoms with van der Waals surface area (Å²) in [4.78, 5) is 0. The summed E-state index contributed by atoms with van der Waals surface area (Å²) in [6, 6.07) is 0. The number of hydrogen-bond acceptors (Lipinski definition) is 1. The maximum Gasteiger partial charge on any atom is 0.0431 e. The van der Waals surface area contributed by atoms with Crippen molar-refractivity contribution in [2.45, 2.75) is 78.6 Å². The Labute approximate surface area is 103 Å². The standard InChI is InChI=1S/C15H32O/c1-4-7-8-10-14(5-2)13-15(6-3)11-9-12-16/h14-16H,4-13H2,1-3H3. The van der Waals surface area contributed by atoms with Gasteiger partial charge in [0.2, 0.25) is 0 Å². The first-order valence-electron chi connectivity index (χ1n) is 7.39. The molecule has 0 radical (unpaired) electrons. The van der Waals surface area contributed by atoms with Crippen molar-refractivity contribution in [1.29, 1.82) is 0 Å². The zero-order chi connectivity index (χ0) is 12.2. The predicted octanol–water partition coefficient (Wildman–Crippen LogP) is 4.78. The number of aliphatic hydroxyl groups excluding tert-OH is 1. The molecule has 0 aliphatic carbocycles. The summed E-state index contributed by atoms with van der Waals surface area (Å²) in [6.07, 6.45) is 11.8. The minimum atomic E-state index is 0.364. The highest BCUT2D eigenvalue weighted by molar-refractivity contribution is 4.65. The average Bonchev–Trinajstić information content (AvgIpc) is 2.32. The number of unbranched alkanes of at least 4 members (excludes halogenated alkanes) is 2. The fourth-order valence-electron chi connectivity index (χ4n) is 2.51. The SMILES string of the molecule is CCCCCC(CC)CC(CC)CCCO. The molecule has 1 N–H and O–H groups in total. The first-order valence-corrected chi connectivity index (χ1v) is 7.39. The molecule has 0 saturated heterocycles. The number of aliphatic hydroxyl groups is 1. The lowest BCUT2D eigenvalue weighted by molar-refractivity contribution is 0.251. The van der Waals surface area contributed by atoms with Crippen LogP contribution in [-0.4, -0.2) is 11.7 Å². The predicted molar refractivity (Wildman–Crippen MR) is 72.6 cm³/mol. The van der Waals surface area contributed by atoms with Gasteiger partial charge in [0, 0.05) is 6.61 Å². The molecule has 0 aromatic rings. The van der Waals surface area contributed by atoms with Gasteiger partial charge in [-0.25, -0.2) is 0 Å². The Balaban J connectivity index is 3.77. The fourth-order valence-corrected chi connectivity index (χ4v) is 2.51. The van der Waals surface area contributed by atoms with Crippen molar-refractivity contribution in [1.82, 2.24) is 0 Å². The van der Waals surface area contributed by atoms with Gasteiger partial charge in [-0.3, -0.25) is 0 Å². The molecule has 0 heterocycles. The molecule has 0 aromatic carbocycles. The molecule has 0 aliphatic heterocycles. The fraction of sp³-hybridized carbons (Fsp3) is 1.00. The van der Waals surface area contributed by atoms with Gasteiger partial charge in [-0.2, -0.15) is 0 Å². The molecule has 98 valence electrons. The summed E-state index contributed by atoms with van der Waals surface area (Å²) in [5.41, 5.74) is 0. The van der Waals surface area contributed by atoms with Gasteiger partial charge in [-0.1, -0.05) is 59.3 Å². The monoisotopic (exact) mass is 228 g/mol. The number of hydrogen-bond donors (Lipinski definition) is 1. The molecule has 0 saturated carbocycles. The molecular weight excluding hydrogens is 196 g/mol. The molecule has 0 rings (SSSR count). The van der Waals surface area contributed by atoms with Crippen molar-refractivity contribution in [3.8, 4) is 0 Å². The molecular formula is C15H32O. The van der Waals surface area contributed by atoms with Crippen LogP contribution in [-0.2, 0) is 0 Å². The summed E-state index contributed by atoms with van der Waals surface area (Å²) in [6.45, 7) is 7.26. The lowest BCUT2D eigenvalue weighted by Crippen LogP contribution is -2.09. The highest BCUT2D eigenvalue weighted by Crippen LogP contribution is 2.26. The zero-order valence-electron chi connectivity index (χ0n) is 11.7. The van der Waals surface area contributed by atoms with E-state index in [0.717, 1.165) is 18.3 Å². The lowest BCUT2D eigenvalue weighted by Gasteiger charge is -2.21. The molecule has 0 aliphatic rings. The van der Waals surface area contributed by atoms with Crippen LogP contribution in [0.3, 0.4) is 0 Å². The third-order valence-electron chi connectivity index (χ3n) is 3.81. The molecule has 1 nitrogen and oxygen atoms in total. The first-order chi connectivity index (χ1) is 7.78. The van der Waals surface area contributed by atoms with Gasteiger partial charge in [-0.05, 0) is 31.1 Å². The summed E-state index contributed by atoms with van der Waals surface area (Å²) in [5.74, 6) is 1.77. The van der Waals surface area contributed by atoms with Crippen LogP contribution in [0.1, 0.15) is 78.6 Å². The second-order valence-corrected chi connectivity index (χ2v) is 5.15. The van der Waals surface area contributed by atoms with Gasteiger partial charge in [0.1, 0.15) is 0 Å². The van der Waals surface area contributed by atoms with E-state index in [2.05, 4.69) is 20.8 Å². The Bertz CT molecular complexity index is 133. The Hall–Kier alpha value is -0.0400. The van der Waals surface area contributed by atoms with E-state index < -0.39 is 0 Å². The summed E-state index contributed by atoms with van der Waals surface area (Å²) in [5, 5.41) is 8.88. The minimum Gasteiger partial charge on any atom is -0.396 e. The maximum absolute atomic E-state index is 8.88. The number of rotatable bonds is 11. The molecule has 2 unspecified atom stereocenters. The third-order valence-corrected chi connectivity index (χ3v) is 3.81. The summed E-state index contributed by atoms with van der Waals surface area (Å²) < 4.78 is 0. The highest BCUT2D eigenvalue weighted by atomic mass is 16.2. The van der Waals surface area contributed by atoms with Crippen LogP contribution in [0.5, 0.6) is 0 Å². The molecule has 0 bridgehead atoms.